The van der Waals surface area contributed by atoms with Crippen molar-refractivity contribution < 1.29 is 4.79 Å². The van der Waals surface area contributed by atoms with Crippen molar-refractivity contribution in [3.05, 3.63) is 73.5 Å². The van der Waals surface area contributed by atoms with Crippen LogP contribution in [0.25, 0.3) is 10.2 Å². The summed E-state index contributed by atoms with van der Waals surface area (Å²) in [6, 6.07) is 13.0. The van der Waals surface area contributed by atoms with Crippen LogP contribution in [0.4, 0.5) is 11.6 Å². The van der Waals surface area contributed by atoms with Crippen molar-refractivity contribution in [3.8, 4) is 0 Å². The van der Waals surface area contributed by atoms with Gasteiger partial charge in [-0.1, -0.05) is 24.3 Å². The number of nitrogens with zero attached hydrogens (tertiary/aromatic N) is 4. The number of hydrogen-bond acceptors (Lipinski definition) is 8. The van der Waals surface area contributed by atoms with Crippen LogP contribution in [0.15, 0.2) is 57.7 Å². The zero-order valence-electron chi connectivity index (χ0n) is 16.4. The Labute approximate surface area is 185 Å². The number of carbonyl (C=O) groups is 1. The molecule has 0 saturated carbocycles. The number of carbonyl (C=O) groups excluding carboxylic acids is 1. The van der Waals surface area contributed by atoms with Gasteiger partial charge in [0.1, 0.15) is 4.83 Å². The van der Waals surface area contributed by atoms with Crippen LogP contribution < -0.4 is 16.0 Å². The molecule has 7 nitrogen and oxygen atoms in total. The van der Waals surface area contributed by atoms with Crippen LogP contribution in [-0.2, 0) is 12.8 Å². The molecule has 0 fully saturated rings. The molecule has 31 heavy (non-hydrogen) atoms. The summed E-state index contributed by atoms with van der Waals surface area (Å²) in [6.45, 7) is 0. The minimum absolute atomic E-state index is 0.0890. The van der Waals surface area contributed by atoms with E-state index in [0.717, 1.165) is 41.8 Å². The fourth-order valence-corrected chi connectivity index (χ4v) is 5.98. The van der Waals surface area contributed by atoms with Gasteiger partial charge in [0.15, 0.2) is 0 Å². The fraction of sp³-hybridized carbons (Fsp3) is 0.182. The van der Waals surface area contributed by atoms with Crippen LogP contribution in [-0.4, -0.2) is 21.3 Å². The number of hydrogen-bond donors (Lipinski definition) is 1. The quantitative estimate of drug-likeness (QED) is 0.474. The lowest BCUT2D eigenvalue weighted by Gasteiger charge is -2.27. The van der Waals surface area contributed by atoms with Crippen molar-refractivity contribution in [2.45, 2.75) is 25.7 Å². The molecule has 0 radical (unpaired) electrons. The number of anilines is 2. The van der Waals surface area contributed by atoms with Gasteiger partial charge in [-0.2, -0.15) is 14.7 Å². The van der Waals surface area contributed by atoms with Crippen LogP contribution in [0.3, 0.4) is 0 Å². The molecule has 4 aromatic rings. The van der Waals surface area contributed by atoms with E-state index in [0.29, 0.717) is 16.2 Å². The van der Waals surface area contributed by atoms with Crippen LogP contribution in [0.2, 0.25) is 0 Å². The van der Waals surface area contributed by atoms with E-state index in [1.54, 1.807) is 22.4 Å². The van der Waals surface area contributed by atoms with Crippen molar-refractivity contribution in [1.82, 2.24) is 9.66 Å². The van der Waals surface area contributed by atoms with Crippen molar-refractivity contribution in [3.63, 3.8) is 0 Å². The van der Waals surface area contributed by atoms with Crippen molar-refractivity contribution >= 4 is 56.1 Å². The Hall–Kier alpha value is -3.30. The molecule has 1 aliphatic carbocycles. The molecule has 1 aliphatic heterocycles. The molecule has 1 aromatic carbocycles. The Kier molecular flexibility index (Phi) is 4.25. The molecule has 9 heteroatoms. The molecule has 6 rings (SSSR count). The smallest absolute Gasteiger partial charge is 0.283 e. The second-order valence-electron chi connectivity index (χ2n) is 7.46. The van der Waals surface area contributed by atoms with E-state index in [1.807, 2.05) is 41.8 Å². The van der Waals surface area contributed by atoms with Crippen molar-refractivity contribution in [2.24, 2.45) is 5.10 Å². The number of hydrazone groups is 1. The third-order valence-corrected chi connectivity index (χ3v) is 7.59. The molecule has 0 atom stereocenters. The second-order valence-corrected chi connectivity index (χ2v) is 9.49. The summed E-state index contributed by atoms with van der Waals surface area (Å²) in [4.78, 5) is 34.0. The summed E-state index contributed by atoms with van der Waals surface area (Å²) >= 11 is 2.94. The largest absolute Gasteiger partial charge is 0.284 e. The van der Waals surface area contributed by atoms with Crippen LogP contribution in [0, 0.1) is 0 Å². The molecular formula is C22H17N5O2S2. The van der Waals surface area contributed by atoms with E-state index in [1.165, 1.54) is 20.9 Å². The minimum Gasteiger partial charge on any atom is -0.284 e. The Bertz CT molecular complexity index is 1400. The van der Waals surface area contributed by atoms with Gasteiger partial charge in [-0.15, -0.1) is 27.8 Å². The monoisotopic (exact) mass is 447 g/mol. The molecule has 2 aliphatic rings. The lowest BCUT2D eigenvalue weighted by atomic mass is 9.97. The van der Waals surface area contributed by atoms with Gasteiger partial charge < -0.3 is 0 Å². The molecule has 0 spiro atoms. The third-order valence-electron chi connectivity index (χ3n) is 5.54. The number of para-hydroxylation sites is 1. The maximum absolute atomic E-state index is 13.6. The summed E-state index contributed by atoms with van der Waals surface area (Å²) in [5.41, 5.74) is 4.60. The predicted molar refractivity (Wildman–Crippen MR) is 125 cm³/mol. The second kappa shape index (κ2) is 7.14. The number of aromatic nitrogens is 2. The molecule has 0 amide bonds. The number of fused-ring (bicyclic) bond motifs is 4. The molecule has 0 bridgehead atoms. The highest BCUT2D eigenvalue weighted by Crippen LogP contribution is 2.36. The van der Waals surface area contributed by atoms with E-state index in [2.05, 4.69) is 10.5 Å². The first-order valence-corrected chi connectivity index (χ1v) is 11.8. The number of ketones is 1. The first-order chi connectivity index (χ1) is 15.2. The number of thiophene rings is 2. The molecule has 3 aromatic heterocycles. The van der Waals surface area contributed by atoms with E-state index >= 15 is 0 Å². The number of Topliss-reactive ketones (excluding diaryl/α,β-unsaturated/α-hetero) is 1. The highest BCUT2D eigenvalue weighted by Gasteiger charge is 2.30. The number of rotatable bonds is 3. The van der Waals surface area contributed by atoms with Gasteiger partial charge in [0, 0.05) is 4.88 Å². The summed E-state index contributed by atoms with van der Waals surface area (Å²) in [7, 11) is 0. The normalized spacial score (nSPS) is 15.2. The average Bonchev–Trinajstić information content (AvgIpc) is 3.47. The lowest BCUT2D eigenvalue weighted by Crippen LogP contribution is -2.44. The van der Waals surface area contributed by atoms with Gasteiger partial charge >= 0.3 is 0 Å². The number of nitrogens with one attached hydrogen (secondary N) is 1. The van der Waals surface area contributed by atoms with Crippen molar-refractivity contribution in [2.75, 3.05) is 10.4 Å². The summed E-state index contributed by atoms with van der Waals surface area (Å²) in [5.74, 6) is 0.178. The third kappa shape index (κ3) is 2.92. The molecule has 0 unspecified atom stereocenters. The Morgan fingerprint density at radius 2 is 1.90 bits per heavy atom. The summed E-state index contributed by atoms with van der Waals surface area (Å²) in [6.07, 6.45) is 4.09. The molecule has 4 heterocycles. The molecule has 1 N–H and O–H groups in total. The number of aryl methyl sites for hydroxylation is 2. The van der Waals surface area contributed by atoms with E-state index in [4.69, 9.17) is 4.98 Å². The minimum atomic E-state index is -0.263. The van der Waals surface area contributed by atoms with E-state index in [-0.39, 0.29) is 17.2 Å². The highest BCUT2D eigenvalue weighted by molar-refractivity contribution is 7.18. The Morgan fingerprint density at radius 3 is 2.71 bits per heavy atom. The van der Waals surface area contributed by atoms with Crippen molar-refractivity contribution in [1.29, 1.82) is 0 Å². The average molecular weight is 448 g/mol. The molecule has 154 valence electrons. The highest BCUT2D eigenvalue weighted by atomic mass is 32.1. The first kappa shape index (κ1) is 18.5. The molecular weight excluding hydrogens is 430 g/mol. The van der Waals surface area contributed by atoms with Gasteiger partial charge in [0.05, 0.1) is 16.0 Å². The van der Waals surface area contributed by atoms with Crippen LogP contribution >= 0.6 is 22.7 Å². The predicted octanol–water partition coefficient (Wildman–Crippen LogP) is 4.29. The van der Waals surface area contributed by atoms with Crippen LogP contribution in [0.5, 0.6) is 0 Å². The SMILES string of the molecule is O=C(C1=NN(c2ccccc2)c2nc3sc4c(c3c(=O)n2N1)CCCC4)c1cccs1. The Balaban J connectivity index is 1.58. The van der Waals surface area contributed by atoms with Gasteiger partial charge in [-0.05, 0) is 54.8 Å². The van der Waals surface area contributed by atoms with Gasteiger partial charge in [-0.25, -0.2) is 0 Å². The Morgan fingerprint density at radius 1 is 1.06 bits per heavy atom. The van der Waals surface area contributed by atoms with E-state index < -0.39 is 0 Å². The first-order valence-electron chi connectivity index (χ1n) is 10.1. The summed E-state index contributed by atoms with van der Waals surface area (Å²) in [5, 5.41) is 8.63. The maximum Gasteiger partial charge on any atom is 0.283 e. The lowest BCUT2D eigenvalue weighted by molar-refractivity contribution is 0.106. The van der Waals surface area contributed by atoms with Crippen LogP contribution in [0.1, 0.15) is 33.0 Å². The van der Waals surface area contributed by atoms with Gasteiger partial charge in [0.25, 0.3) is 11.5 Å². The summed E-state index contributed by atoms with van der Waals surface area (Å²) < 4.78 is 1.37. The van der Waals surface area contributed by atoms with Gasteiger partial charge in [0.2, 0.25) is 11.6 Å². The van der Waals surface area contributed by atoms with E-state index in [9.17, 15) is 9.59 Å². The maximum atomic E-state index is 13.6. The topological polar surface area (TPSA) is 79.6 Å². The zero-order chi connectivity index (χ0) is 20.9. The zero-order valence-corrected chi connectivity index (χ0v) is 18.0. The fourth-order valence-electron chi connectivity index (χ4n) is 4.07. The standard InChI is InChI=1S/C22H17N5O2S2/c28-18(16-11-6-12-30-16)19-24-26(13-7-2-1-3-8-13)22-23-20-17(21(29)27(22)25-19)14-9-4-5-10-15(14)31-20/h1-3,6-8,11-12H,4-5,9-10H2,(H,24,25). The van der Waals surface area contributed by atoms with Gasteiger partial charge in [-0.3, -0.25) is 15.0 Å². The number of benzene rings is 1. The molecule has 0 saturated heterocycles. The number of amidine groups is 1.